The second kappa shape index (κ2) is 12.8. The van der Waals surface area contributed by atoms with Crippen LogP contribution in [0.25, 0.3) is 0 Å². The number of benzene rings is 2. The lowest BCUT2D eigenvalue weighted by Crippen LogP contribution is -2.67. The zero-order chi connectivity index (χ0) is 33.5. The number of carboxylic acid groups (broad SMARTS) is 1. The molecule has 3 unspecified atom stereocenters. The first-order valence-electron chi connectivity index (χ1n) is 16.0. The van der Waals surface area contributed by atoms with E-state index in [2.05, 4.69) is 16.0 Å². The van der Waals surface area contributed by atoms with E-state index in [0.717, 1.165) is 35.3 Å². The summed E-state index contributed by atoms with van der Waals surface area (Å²) in [5.41, 5.74) is 8.04. The number of urea groups is 2. The number of rotatable bonds is 11. The van der Waals surface area contributed by atoms with E-state index < -0.39 is 60.3 Å². The van der Waals surface area contributed by atoms with Crippen molar-refractivity contribution in [1.29, 1.82) is 0 Å². The first-order valence-corrected chi connectivity index (χ1v) is 16.0. The Morgan fingerprint density at radius 1 is 0.979 bits per heavy atom. The molecule has 248 valence electrons. The minimum Gasteiger partial charge on any atom is -0.481 e. The number of imide groups is 1. The molecule has 5 aliphatic rings. The number of amides is 6. The average molecular weight is 645 g/mol. The van der Waals surface area contributed by atoms with Gasteiger partial charge in [-0.25, -0.2) is 9.59 Å². The number of anilines is 2. The predicted molar refractivity (Wildman–Crippen MR) is 171 cm³/mol. The predicted octanol–water partition coefficient (Wildman–Crippen LogP) is 3.09. The molecule has 13 heteroatoms. The highest BCUT2D eigenvalue weighted by Crippen LogP contribution is 2.60. The Morgan fingerprint density at radius 2 is 1.66 bits per heavy atom. The van der Waals surface area contributed by atoms with Crippen LogP contribution in [0.2, 0.25) is 0 Å². The van der Waals surface area contributed by atoms with Crippen LogP contribution in [-0.2, 0) is 25.7 Å². The number of carboxylic acids is 1. The van der Waals surface area contributed by atoms with Gasteiger partial charge in [0.2, 0.25) is 5.91 Å². The minimum absolute atomic E-state index is 0.0543. The molecule has 6 amide bonds. The number of aryl methyl sites for hydroxylation is 1. The van der Waals surface area contributed by atoms with Crippen LogP contribution >= 0.6 is 0 Å². The normalized spacial score (nSPS) is 26.7. The Balaban J connectivity index is 1.05. The fraction of sp³-hybridized carbons (Fsp3) is 0.471. The van der Waals surface area contributed by atoms with Gasteiger partial charge in [-0.1, -0.05) is 30.3 Å². The molecule has 6 N–H and O–H groups in total. The molecule has 4 bridgehead atoms. The maximum atomic E-state index is 13.7. The molecule has 13 nitrogen and oxygen atoms in total. The number of nitrogens with zero attached hydrogens (tertiary/aromatic N) is 2. The second-order valence-electron chi connectivity index (χ2n) is 13.6. The van der Waals surface area contributed by atoms with Gasteiger partial charge in [-0.3, -0.25) is 24.1 Å². The van der Waals surface area contributed by atoms with Crippen molar-refractivity contribution in [1.82, 2.24) is 15.1 Å². The van der Waals surface area contributed by atoms with E-state index in [1.54, 1.807) is 30.3 Å². The molecule has 0 radical (unpaired) electrons. The van der Waals surface area contributed by atoms with Gasteiger partial charge < -0.3 is 31.7 Å². The van der Waals surface area contributed by atoms with Gasteiger partial charge in [0, 0.05) is 24.0 Å². The van der Waals surface area contributed by atoms with Gasteiger partial charge in [0.25, 0.3) is 5.91 Å². The summed E-state index contributed by atoms with van der Waals surface area (Å²) in [6, 6.07) is 11.6. The van der Waals surface area contributed by atoms with Gasteiger partial charge in [0.1, 0.15) is 13.1 Å². The summed E-state index contributed by atoms with van der Waals surface area (Å²) in [5.74, 6) is -1.80. The van der Waals surface area contributed by atoms with E-state index in [1.807, 2.05) is 25.1 Å². The number of carbonyl (C=O) groups excluding carboxylic acids is 5. The molecular formula is C34H40N6O7. The number of aliphatic carboxylic acids is 1. The van der Waals surface area contributed by atoms with Crippen molar-refractivity contribution in [3.8, 4) is 0 Å². The van der Waals surface area contributed by atoms with Crippen LogP contribution in [0.15, 0.2) is 48.5 Å². The van der Waals surface area contributed by atoms with Crippen molar-refractivity contribution in [2.45, 2.75) is 64.1 Å². The number of Topliss-reactive ketones (excluding diaryl/α,β-unsaturated/α-hetero) is 1. The highest BCUT2D eigenvalue weighted by Gasteiger charge is 2.61. The topological polar surface area (TPSA) is 191 Å². The van der Waals surface area contributed by atoms with Crippen LogP contribution in [0.4, 0.5) is 21.0 Å². The van der Waals surface area contributed by atoms with Crippen LogP contribution in [0.5, 0.6) is 0 Å². The monoisotopic (exact) mass is 644 g/mol. The summed E-state index contributed by atoms with van der Waals surface area (Å²) < 4.78 is 0. The van der Waals surface area contributed by atoms with E-state index in [1.165, 1.54) is 4.90 Å². The van der Waals surface area contributed by atoms with Gasteiger partial charge in [0.05, 0.1) is 17.9 Å². The number of hydrogen-bond donors (Lipinski definition) is 5. The SMILES string of the molecule is Cc1ccccc1NC(=O)Nc1ccc(CN2CC(=O)N(CC(=O)NC3C4CC5CC(C4)CC3(C(=O)[C@@H](N)CC(=O)O)C5)C2=O)cc1. The highest BCUT2D eigenvalue weighted by molar-refractivity contribution is 6.05. The number of carbonyl (C=O) groups is 6. The third kappa shape index (κ3) is 6.57. The first kappa shape index (κ1) is 32.2. The summed E-state index contributed by atoms with van der Waals surface area (Å²) >= 11 is 0. The lowest BCUT2D eigenvalue weighted by atomic mass is 9.45. The number of para-hydroxylation sites is 1. The average Bonchev–Trinajstić information content (AvgIpc) is 3.27. The van der Waals surface area contributed by atoms with Crippen molar-refractivity contribution in [3.05, 3.63) is 59.7 Å². The van der Waals surface area contributed by atoms with E-state index in [-0.39, 0.29) is 24.8 Å². The third-order valence-corrected chi connectivity index (χ3v) is 10.3. The zero-order valence-corrected chi connectivity index (χ0v) is 26.2. The van der Waals surface area contributed by atoms with Gasteiger partial charge in [-0.05, 0) is 86.1 Å². The van der Waals surface area contributed by atoms with Crippen LogP contribution in [-0.4, -0.2) is 75.7 Å². The van der Waals surface area contributed by atoms with E-state index >= 15 is 0 Å². The maximum Gasteiger partial charge on any atom is 0.328 e. The number of nitrogens with two attached hydrogens (primary N) is 1. The lowest BCUT2D eigenvalue weighted by Gasteiger charge is -2.60. The molecule has 1 heterocycles. The summed E-state index contributed by atoms with van der Waals surface area (Å²) in [7, 11) is 0. The Morgan fingerprint density at radius 3 is 2.32 bits per heavy atom. The Kier molecular flexibility index (Phi) is 8.75. The number of ketones is 1. The van der Waals surface area contributed by atoms with Crippen LogP contribution in [0, 0.1) is 30.1 Å². The summed E-state index contributed by atoms with van der Waals surface area (Å²) in [6.45, 7) is 1.36. The molecule has 0 aromatic heterocycles. The molecule has 4 aliphatic carbocycles. The van der Waals surface area contributed by atoms with Crippen molar-refractivity contribution in [2.24, 2.45) is 28.9 Å². The smallest absolute Gasteiger partial charge is 0.328 e. The van der Waals surface area contributed by atoms with Crippen molar-refractivity contribution in [2.75, 3.05) is 23.7 Å². The zero-order valence-electron chi connectivity index (χ0n) is 26.2. The molecule has 2 aromatic rings. The highest BCUT2D eigenvalue weighted by atomic mass is 16.4. The molecule has 1 aliphatic heterocycles. The van der Waals surface area contributed by atoms with Crippen LogP contribution < -0.4 is 21.7 Å². The standard InChI is InChI=1S/C34H40N6O7/c1-19-4-2-3-5-26(19)37-32(46)36-24-8-6-20(7-9-24)16-39-18-28(42)40(33(39)47)17-27(41)38-30-23-11-21-10-22(12-23)15-34(30,14-21)31(45)25(35)13-29(43)44/h2-9,21-23,25,30H,10-18,35H2,1H3,(H,38,41)(H,43,44)(H2,36,37,46)/t21?,22?,23?,25-,30?,34?/m0/s1. The Bertz CT molecular complexity index is 1600. The molecule has 0 spiro atoms. The second-order valence-corrected chi connectivity index (χ2v) is 13.6. The molecular weight excluding hydrogens is 604 g/mol. The molecule has 4 atom stereocenters. The maximum absolute atomic E-state index is 13.7. The van der Waals surface area contributed by atoms with Gasteiger partial charge >= 0.3 is 18.0 Å². The Hall–Kier alpha value is -4.78. The largest absolute Gasteiger partial charge is 0.481 e. The van der Waals surface area contributed by atoms with E-state index in [4.69, 9.17) is 5.73 Å². The van der Waals surface area contributed by atoms with E-state index in [0.29, 0.717) is 36.1 Å². The number of hydrogen-bond acceptors (Lipinski definition) is 7. The summed E-state index contributed by atoms with van der Waals surface area (Å²) in [6.07, 6.45) is 3.39. The lowest BCUT2D eigenvalue weighted by molar-refractivity contribution is -0.156. The van der Waals surface area contributed by atoms with E-state index in [9.17, 15) is 33.9 Å². The van der Waals surface area contributed by atoms with Gasteiger partial charge in [-0.2, -0.15) is 0 Å². The van der Waals surface area contributed by atoms with Crippen LogP contribution in [0.3, 0.4) is 0 Å². The summed E-state index contributed by atoms with van der Waals surface area (Å²) in [4.78, 5) is 79.1. The van der Waals surface area contributed by atoms with Crippen molar-refractivity contribution in [3.63, 3.8) is 0 Å². The van der Waals surface area contributed by atoms with Gasteiger partial charge in [-0.15, -0.1) is 0 Å². The minimum atomic E-state index is -1.17. The number of nitrogens with one attached hydrogen (secondary N) is 3. The van der Waals surface area contributed by atoms with Gasteiger partial charge in [0.15, 0.2) is 5.78 Å². The van der Waals surface area contributed by atoms with Crippen molar-refractivity contribution >= 4 is 47.0 Å². The molecule has 7 rings (SSSR count). The quantitative estimate of drug-likeness (QED) is 0.231. The fourth-order valence-electron chi connectivity index (χ4n) is 8.45. The summed E-state index contributed by atoms with van der Waals surface area (Å²) in [5, 5.41) is 17.8. The molecule has 2 aromatic carbocycles. The third-order valence-electron chi connectivity index (χ3n) is 10.3. The molecule has 1 saturated heterocycles. The van der Waals surface area contributed by atoms with Crippen LogP contribution in [0.1, 0.15) is 49.7 Å². The fourth-order valence-corrected chi connectivity index (χ4v) is 8.45. The van der Waals surface area contributed by atoms with Crippen molar-refractivity contribution < 1.29 is 33.9 Å². The first-order chi connectivity index (χ1) is 22.4. The molecule has 5 fully saturated rings. The molecule has 4 saturated carbocycles. The Labute approximate surface area is 272 Å². The molecule has 47 heavy (non-hydrogen) atoms.